The number of aldehydes is 1. The minimum Gasteiger partial charge on any atom is -0.348 e. The number of likely N-dealkylation sites (N-methyl/N-ethyl adjacent to an activating group) is 1. The summed E-state index contributed by atoms with van der Waals surface area (Å²) in [6.07, 6.45) is 4.04. The summed E-state index contributed by atoms with van der Waals surface area (Å²) in [4.78, 5) is 25.7. The molecule has 80 valence electrons. The number of piperidine rings is 1. The third kappa shape index (κ3) is 2.80. The quantitative estimate of drug-likeness (QED) is 0.605. The van der Waals surface area contributed by atoms with Crippen LogP contribution < -0.4 is 0 Å². The Hall–Kier alpha value is -0.900. The topological polar surface area (TPSA) is 40.6 Å². The molecule has 1 aliphatic heterocycles. The molecule has 4 heteroatoms. The lowest BCUT2D eigenvalue weighted by atomic mass is 10.0. The lowest BCUT2D eigenvalue weighted by molar-refractivity contribution is -0.131. The first kappa shape index (κ1) is 11.2. The summed E-state index contributed by atoms with van der Waals surface area (Å²) in [5.41, 5.74) is 0. The molecule has 0 spiro atoms. The van der Waals surface area contributed by atoms with E-state index in [1.807, 2.05) is 4.90 Å². The first-order valence-electron chi connectivity index (χ1n) is 5.04. The molecule has 1 amide bonds. The van der Waals surface area contributed by atoms with Crippen LogP contribution in [0.5, 0.6) is 0 Å². The van der Waals surface area contributed by atoms with Gasteiger partial charge in [-0.1, -0.05) is 6.42 Å². The van der Waals surface area contributed by atoms with E-state index in [1.54, 1.807) is 19.0 Å². The fourth-order valence-electron chi connectivity index (χ4n) is 1.68. The maximum atomic E-state index is 11.4. The molecule has 1 heterocycles. The van der Waals surface area contributed by atoms with Gasteiger partial charge in [0.2, 0.25) is 5.91 Å². The van der Waals surface area contributed by atoms with Crippen LogP contribution in [-0.4, -0.2) is 55.2 Å². The molecular formula is C10H18N2O2. The fraction of sp³-hybridized carbons (Fsp3) is 0.800. The average molecular weight is 198 g/mol. The van der Waals surface area contributed by atoms with Crippen molar-refractivity contribution < 1.29 is 9.59 Å². The van der Waals surface area contributed by atoms with Crippen LogP contribution in [0.3, 0.4) is 0 Å². The highest BCUT2D eigenvalue weighted by Crippen LogP contribution is 2.14. The molecule has 0 aromatic heterocycles. The second kappa shape index (κ2) is 5.10. The van der Waals surface area contributed by atoms with Crippen LogP contribution in [-0.2, 0) is 9.59 Å². The highest BCUT2D eigenvalue weighted by molar-refractivity contribution is 5.78. The Kier molecular flexibility index (Phi) is 4.07. The lowest BCUT2D eigenvalue weighted by Crippen LogP contribution is -2.45. The molecule has 0 aromatic rings. The van der Waals surface area contributed by atoms with Gasteiger partial charge in [-0.15, -0.1) is 0 Å². The molecule has 0 N–H and O–H groups in total. The molecule has 1 unspecified atom stereocenters. The molecule has 0 radical (unpaired) electrons. The molecule has 0 bridgehead atoms. The Bertz CT molecular complexity index is 216. The van der Waals surface area contributed by atoms with Crippen molar-refractivity contribution in [2.75, 3.05) is 27.2 Å². The smallest absolute Gasteiger partial charge is 0.236 e. The number of carbonyl (C=O) groups is 2. The molecule has 1 atom stereocenters. The van der Waals surface area contributed by atoms with Gasteiger partial charge in [-0.3, -0.25) is 9.69 Å². The van der Waals surface area contributed by atoms with Crippen molar-refractivity contribution in [2.45, 2.75) is 25.3 Å². The summed E-state index contributed by atoms with van der Waals surface area (Å²) in [6.45, 7) is 1.24. The maximum Gasteiger partial charge on any atom is 0.236 e. The maximum absolute atomic E-state index is 11.4. The van der Waals surface area contributed by atoms with E-state index < -0.39 is 0 Å². The summed E-state index contributed by atoms with van der Waals surface area (Å²) in [5.74, 6) is 0.0683. The van der Waals surface area contributed by atoms with Crippen molar-refractivity contribution >= 4 is 12.2 Å². The summed E-state index contributed by atoms with van der Waals surface area (Å²) >= 11 is 0. The third-order valence-corrected chi connectivity index (χ3v) is 2.66. The summed E-state index contributed by atoms with van der Waals surface area (Å²) < 4.78 is 0. The van der Waals surface area contributed by atoms with Gasteiger partial charge >= 0.3 is 0 Å². The number of nitrogens with zero attached hydrogens (tertiary/aromatic N) is 2. The SMILES string of the molecule is CN(C)C(=O)CN1CCCCC1C=O. The van der Waals surface area contributed by atoms with E-state index in [2.05, 4.69) is 0 Å². The van der Waals surface area contributed by atoms with Crippen LogP contribution in [0, 0.1) is 0 Å². The van der Waals surface area contributed by atoms with Gasteiger partial charge in [0.1, 0.15) is 6.29 Å². The van der Waals surface area contributed by atoms with E-state index in [0.717, 1.165) is 32.1 Å². The fourth-order valence-corrected chi connectivity index (χ4v) is 1.68. The van der Waals surface area contributed by atoms with Gasteiger partial charge in [-0.2, -0.15) is 0 Å². The molecule has 1 saturated heterocycles. The number of hydrogen-bond donors (Lipinski definition) is 0. The zero-order valence-electron chi connectivity index (χ0n) is 8.90. The number of amides is 1. The number of rotatable bonds is 3. The van der Waals surface area contributed by atoms with Crippen LogP contribution in [0.2, 0.25) is 0 Å². The van der Waals surface area contributed by atoms with Crippen LogP contribution >= 0.6 is 0 Å². The van der Waals surface area contributed by atoms with E-state index in [9.17, 15) is 9.59 Å². The van der Waals surface area contributed by atoms with Crippen molar-refractivity contribution in [3.8, 4) is 0 Å². The van der Waals surface area contributed by atoms with Gasteiger partial charge in [0, 0.05) is 14.1 Å². The Morgan fingerprint density at radius 3 is 2.79 bits per heavy atom. The van der Waals surface area contributed by atoms with Crippen molar-refractivity contribution in [1.82, 2.24) is 9.80 Å². The van der Waals surface area contributed by atoms with Gasteiger partial charge in [0.15, 0.2) is 0 Å². The number of likely N-dealkylation sites (tertiary alicyclic amines) is 1. The van der Waals surface area contributed by atoms with E-state index in [-0.39, 0.29) is 11.9 Å². The number of carbonyl (C=O) groups excluding carboxylic acids is 2. The first-order valence-corrected chi connectivity index (χ1v) is 5.04. The molecule has 1 aliphatic rings. The van der Waals surface area contributed by atoms with Gasteiger partial charge in [-0.05, 0) is 19.4 Å². The highest BCUT2D eigenvalue weighted by Gasteiger charge is 2.23. The highest BCUT2D eigenvalue weighted by atomic mass is 16.2. The average Bonchev–Trinajstić information content (AvgIpc) is 2.18. The Morgan fingerprint density at radius 2 is 2.21 bits per heavy atom. The predicted octanol–water partition coefficient (Wildman–Crippen LogP) is 0.128. The van der Waals surface area contributed by atoms with Gasteiger partial charge in [0.25, 0.3) is 0 Å². The molecule has 0 aromatic carbocycles. The Balaban J connectivity index is 2.48. The van der Waals surface area contributed by atoms with Gasteiger partial charge < -0.3 is 9.69 Å². The summed E-state index contributed by atoms with van der Waals surface area (Å²) in [7, 11) is 3.48. The van der Waals surface area contributed by atoms with Crippen LogP contribution in [0.4, 0.5) is 0 Å². The molecule has 0 aliphatic carbocycles. The standard InChI is InChI=1S/C10H18N2O2/c1-11(2)10(14)7-12-6-4-3-5-9(12)8-13/h8-9H,3-7H2,1-2H3. The largest absolute Gasteiger partial charge is 0.348 e. The van der Waals surface area contributed by atoms with Crippen molar-refractivity contribution in [3.63, 3.8) is 0 Å². The van der Waals surface area contributed by atoms with E-state index in [0.29, 0.717) is 6.54 Å². The molecule has 0 saturated carbocycles. The second-order valence-corrected chi connectivity index (χ2v) is 3.96. The van der Waals surface area contributed by atoms with Crippen LogP contribution in [0.1, 0.15) is 19.3 Å². The van der Waals surface area contributed by atoms with Gasteiger partial charge in [0.05, 0.1) is 12.6 Å². The molecule has 1 rings (SSSR count). The van der Waals surface area contributed by atoms with E-state index in [4.69, 9.17) is 0 Å². The minimum atomic E-state index is -0.0485. The van der Waals surface area contributed by atoms with E-state index in [1.165, 1.54) is 0 Å². The van der Waals surface area contributed by atoms with Crippen LogP contribution in [0.25, 0.3) is 0 Å². The molecule has 1 fully saturated rings. The zero-order valence-corrected chi connectivity index (χ0v) is 8.90. The molecular weight excluding hydrogens is 180 g/mol. The molecule has 14 heavy (non-hydrogen) atoms. The molecule has 4 nitrogen and oxygen atoms in total. The normalized spacial score (nSPS) is 23.1. The third-order valence-electron chi connectivity index (χ3n) is 2.66. The Labute approximate surface area is 84.9 Å². The van der Waals surface area contributed by atoms with Crippen LogP contribution in [0.15, 0.2) is 0 Å². The zero-order chi connectivity index (χ0) is 10.6. The minimum absolute atomic E-state index is 0.0485. The second-order valence-electron chi connectivity index (χ2n) is 3.96. The van der Waals surface area contributed by atoms with Crippen molar-refractivity contribution in [2.24, 2.45) is 0 Å². The predicted molar refractivity (Wildman–Crippen MR) is 54.0 cm³/mol. The van der Waals surface area contributed by atoms with Crippen molar-refractivity contribution in [3.05, 3.63) is 0 Å². The summed E-state index contributed by atoms with van der Waals surface area (Å²) in [5, 5.41) is 0. The number of hydrogen-bond acceptors (Lipinski definition) is 3. The van der Waals surface area contributed by atoms with Crippen molar-refractivity contribution in [1.29, 1.82) is 0 Å². The van der Waals surface area contributed by atoms with Gasteiger partial charge in [-0.25, -0.2) is 0 Å². The first-order chi connectivity index (χ1) is 6.65. The Morgan fingerprint density at radius 1 is 1.50 bits per heavy atom. The van der Waals surface area contributed by atoms with E-state index >= 15 is 0 Å². The lowest BCUT2D eigenvalue weighted by Gasteiger charge is -2.32. The monoisotopic (exact) mass is 198 g/mol. The summed E-state index contributed by atoms with van der Waals surface area (Å²) in [6, 6.07) is -0.0485.